The van der Waals surface area contributed by atoms with E-state index in [1.54, 1.807) is 30.5 Å². The van der Waals surface area contributed by atoms with E-state index >= 15 is 0 Å². The number of benzene rings is 3. The van der Waals surface area contributed by atoms with E-state index in [2.05, 4.69) is 19.7 Å². The second-order valence-electron chi connectivity index (χ2n) is 8.25. The Morgan fingerprint density at radius 1 is 0.838 bits per heavy atom. The van der Waals surface area contributed by atoms with Crippen LogP contribution in [0.4, 0.5) is 16.5 Å². The van der Waals surface area contributed by atoms with Crippen molar-refractivity contribution >= 4 is 53.8 Å². The minimum atomic E-state index is -3.96. The van der Waals surface area contributed by atoms with Crippen molar-refractivity contribution in [1.29, 1.82) is 0 Å². The predicted molar refractivity (Wildman–Crippen MR) is 145 cm³/mol. The molecule has 1 aromatic heterocycles. The molecule has 0 unspecified atom stereocenters. The maximum absolute atomic E-state index is 13.2. The van der Waals surface area contributed by atoms with E-state index in [-0.39, 0.29) is 20.5 Å². The van der Waals surface area contributed by atoms with Crippen LogP contribution in [-0.4, -0.2) is 27.7 Å². The number of hydrogen-bond donors (Lipinski definition) is 3. The van der Waals surface area contributed by atoms with Crippen molar-refractivity contribution in [2.45, 2.75) is 30.6 Å². The number of thiazole rings is 1. The molecule has 0 aliphatic carbocycles. The van der Waals surface area contributed by atoms with E-state index < -0.39 is 26.0 Å². The van der Waals surface area contributed by atoms with Gasteiger partial charge < -0.3 is 5.32 Å². The fourth-order valence-electron chi connectivity index (χ4n) is 3.46. The van der Waals surface area contributed by atoms with E-state index in [9.17, 15) is 21.6 Å². The molecule has 37 heavy (non-hydrogen) atoms. The highest BCUT2D eigenvalue weighted by Gasteiger charge is 2.21. The Kier molecular flexibility index (Phi) is 7.35. The molecule has 3 aromatic carbocycles. The zero-order valence-electron chi connectivity index (χ0n) is 20.1. The van der Waals surface area contributed by atoms with Gasteiger partial charge in [0.2, 0.25) is 0 Å². The summed E-state index contributed by atoms with van der Waals surface area (Å²) in [6.07, 6.45) is 1.49. The molecule has 0 fully saturated rings. The van der Waals surface area contributed by atoms with Gasteiger partial charge in [-0.3, -0.25) is 14.2 Å². The maximum atomic E-state index is 13.2. The number of amides is 1. The molecule has 4 rings (SSSR count). The Bertz CT molecular complexity index is 1670. The predicted octanol–water partition coefficient (Wildman–Crippen LogP) is 4.92. The summed E-state index contributed by atoms with van der Waals surface area (Å²) in [6, 6.07) is 15.3. The van der Waals surface area contributed by atoms with Crippen LogP contribution in [0, 0.1) is 20.8 Å². The number of nitrogens with one attached hydrogen (secondary N) is 3. The normalized spacial score (nSPS) is 11.6. The SMILES string of the molecule is Cc1ccc(C(=O)Nc2ccc(S(=O)(=O)Nc3nccs3)cc2)cc1S(=O)(=O)Nc1cccc(C)c1C. The third kappa shape index (κ3) is 5.98. The highest BCUT2D eigenvalue weighted by Crippen LogP contribution is 2.25. The fourth-order valence-corrected chi connectivity index (χ4v) is 6.64. The van der Waals surface area contributed by atoms with Gasteiger partial charge >= 0.3 is 0 Å². The van der Waals surface area contributed by atoms with Crippen LogP contribution in [0.3, 0.4) is 0 Å². The van der Waals surface area contributed by atoms with Crippen molar-refractivity contribution in [2.24, 2.45) is 0 Å². The molecule has 0 spiro atoms. The van der Waals surface area contributed by atoms with E-state index in [1.165, 1.54) is 42.6 Å². The van der Waals surface area contributed by atoms with Gasteiger partial charge in [-0.2, -0.15) is 0 Å². The Hall–Kier alpha value is -3.74. The number of rotatable bonds is 8. The number of aryl methyl sites for hydroxylation is 2. The summed E-state index contributed by atoms with van der Waals surface area (Å²) in [4.78, 5) is 16.8. The lowest BCUT2D eigenvalue weighted by atomic mass is 10.1. The molecular formula is C25H24N4O5S3. The minimum absolute atomic E-state index is 0.00179. The lowest BCUT2D eigenvalue weighted by Crippen LogP contribution is -2.18. The van der Waals surface area contributed by atoms with Crippen LogP contribution in [0.2, 0.25) is 0 Å². The highest BCUT2D eigenvalue weighted by molar-refractivity contribution is 7.93. The molecule has 192 valence electrons. The summed E-state index contributed by atoms with van der Waals surface area (Å²) < 4.78 is 56.3. The number of hydrogen-bond acceptors (Lipinski definition) is 7. The number of nitrogens with zero attached hydrogens (tertiary/aromatic N) is 1. The number of aromatic nitrogens is 1. The summed E-state index contributed by atoms with van der Waals surface area (Å²) in [5.74, 6) is -0.542. The second kappa shape index (κ2) is 10.3. The Morgan fingerprint density at radius 2 is 1.57 bits per heavy atom. The van der Waals surface area contributed by atoms with Crippen LogP contribution < -0.4 is 14.8 Å². The van der Waals surface area contributed by atoms with Crippen LogP contribution in [0.5, 0.6) is 0 Å². The Balaban J connectivity index is 1.52. The average molecular weight is 557 g/mol. The number of sulfonamides is 2. The van der Waals surface area contributed by atoms with Gasteiger partial charge in [-0.25, -0.2) is 21.8 Å². The first-order chi connectivity index (χ1) is 17.5. The van der Waals surface area contributed by atoms with Crippen molar-refractivity contribution in [1.82, 2.24) is 4.98 Å². The Labute approximate surface area is 219 Å². The monoisotopic (exact) mass is 556 g/mol. The van der Waals surface area contributed by atoms with E-state index in [0.717, 1.165) is 22.5 Å². The molecule has 1 amide bonds. The molecule has 0 saturated carbocycles. The fraction of sp³-hybridized carbons (Fsp3) is 0.120. The van der Waals surface area contributed by atoms with Gasteiger partial charge in [0.05, 0.1) is 15.5 Å². The molecule has 12 heteroatoms. The van der Waals surface area contributed by atoms with Crippen LogP contribution in [0.1, 0.15) is 27.0 Å². The van der Waals surface area contributed by atoms with Crippen LogP contribution in [-0.2, 0) is 20.0 Å². The van der Waals surface area contributed by atoms with Crippen molar-refractivity contribution in [3.05, 3.63) is 94.5 Å². The molecule has 4 aromatic rings. The van der Waals surface area contributed by atoms with Crippen LogP contribution in [0.15, 0.2) is 82.0 Å². The summed E-state index contributed by atoms with van der Waals surface area (Å²) in [6.45, 7) is 5.37. The highest BCUT2D eigenvalue weighted by atomic mass is 32.2. The molecule has 0 saturated heterocycles. The van der Waals surface area contributed by atoms with Gasteiger partial charge in [0.25, 0.3) is 26.0 Å². The number of anilines is 3. The average Bonchev–Trinajstić information content (AvgIpc) is 3.35. The minimum Gasteiger partial charge on any atom is -0.322 e. The summed E-state index contributed by atoms with van der Waals surface area (Å²) in [5.41, 5.74) is 3.18. The topological polar surface area (TPSA) is 134 Å². The van der Waals surface area contributed by atoms with E-state index in [1.807, 2.05) is 19.9 Å². The molecule has 0 aliphatic rings. The van der Waals surface area contributed by atoms with Crippen molar-refractivity contribution in [3.8, 4) is 0 Å². The lowest BCUT2D eigenvalue weighted by molar-refractivity contribution is 0.102. The third-order valence-corrected chi connectivity index (χ3v) is 9.35. The molecule has 0 atom stereocenters. The quantitative estimate of drug-likeness (QED) is 0.282. The molecule has 0 radical (unpaired) electrons. The van der Waals surface area contributed by atoms with Crippen LogP contribution in [0.25, 0.3) is 0 Å². The van der Waals surface area contributed by atoms with Crippen LogP contribution >= 0.6 is 11.3 Å². The first-order valence-electron chi connectivity index (χ1n) is 11.0. The van der Waals surface area contributed by atoms with Crippen molar-refractivity contribution in [2.75, 3.05) is 14.8 Å². The van der Waals surface area contributed by atoms with Gasteiger partial charge in [-0.05, 0) is 79.9 Å². The summed E-state index contributed by atoms with van der Waals surface area (Å²) in [5, 5.41) is 4.56. The molecule has 9 nitrogen and oxygen atoms in total. The van der Waals surface area contributed by atoms with Gasteiger partial charge in [0, 0.05) is 22.8 Å². The summed E-state index contributed by atoms with van der Waals surface area (Å²) in [7, 11) is -7.79. The number of carbonyl (C=O) groups excluding carboxylic acids is 1. The first kappa shape index (κ1) is 26.3. The molecule has 0 aliphatic heterocycles. The molecular weight excluding hydrogens is 532 g/mol. The number of carbonyl (C=O) groups is 1. The molecule has 3 N–H and O–H groups in total. The zero-order chi connectivity index (χ0) is 26.8. The standard InChI is InChI=1S/C25H24N4O5S3/c1-16-5-4-6-22(18(16)3)28-37(33,34)23-15-19(8-7-17(23)2)24(30)27-20-9-11-21(12-10-20)36(31,32)29-25-26-13-14-35-25/h4-15,28H,1-3H3,(H,26,29)(H,27,30). The largest absolute Gasteiger partial charge is 0.322 e. The second-order valence-corrected chi connectivity index (χ2v) is 12.5. The molecule has 1 heterocycles. The maximum Gasteiger partial charge on any atom is 0.263 e. The zero-order valence-corrected chi connectivity index (χ0v) is 22.6. The van der Waals surface area contributed by atoms with Gasteiger partial charge in [0.15, 0.2) is 5.13 Å². The van der Waals surface area contributed by atoms with Gasteiger partial charge in [-0.15, -0.1) is 11.3 Å². The van der Waals surface area contributed by atoms with Crippen molar-refractivity contribution < 1.29 is 21.6 Å². The van der Waals surface area contributed by atoms with E-state index in [0.29, 0.717) is 16.9 Å². The smallest absolute Gasteiger partial charge is 0.263 e. The van der Waals surface area contributed by atoms with E-state index in [4.69, 9.17) is 0 Å². The first-order valence-corrected chi connectivity index (χ1v) is 14.8. The van der Waals surface area contributed by atoms with Gasteiger partial charge in [0.1, 0.15) is 0 Å². The Morgan fingerprint density at radius 3 is 2.24 bits per heavy atom. The molecule has 0 bridgehead atoms. The van der Waals surface area contributed by atoms with Gasteiger partial charge in [-0.1, -0.05) is 18.2 Å². The van der Waals surface area contributed by atoms with Crippen molar-refractivity contribution in [3.63, 3.8) is 0 Å². The summed E-state index contributed by atoms with van der Waals surface area (Å²) >= 11 is 1.15. The third-order valence-electron chi connectivity index (χ3n) is 5.67. The lowest BCUT2D eigenvalue weighted by Gasteiger charge is -2.14.